The quantitative estimate of drug-likeness (QED) is 0.454. The summed E-state index contributed by atoms with van der Waals surface area (Å²) in [4.78, 5) is 44.4. The maximum atomic E-state index is 14.0. The van der Waals surface area contributed by atoms with Crippen molar-refractivity contribution in [1.82, 2.24) is 20.0 Å². The minimum Gasteiger partial charge on any atom is -0.339 e. The number of hydrogen-bond donors (Lipinski definition) is 1. The molecule has 0 radical (unpaired) electrons. The van der Waals surface area contributed by atoms with Gasteiger partial charge in [0, 0.05) is 38.7 Å². The van der Waals surface area contributed by atoms with Crippen LogP contribution in [-0.4, -0.2) is 78.4 Å². The highest BCUT2D eigenvalue weighted by Gasteiger charge is 2.55. The Morgan fingerprint density at radius 1 is 1.11 bits per heavy atom. The van der Waals surface area contributed by atoms with Crippen LogP contribution < -0.4 is 5.32 Å². The molecule has 0 spiro atoms. The molecule has 1 N–H and O–H groups in total. The lowest BCUT2D eigenvalue weighted by molar-refractivity contribution is -0.134. The fourth-order valence-electron chi connectivity index (χ4n) is 5.09. The van der Waals surface area contributed by atoms with Crippen molar-refractivity contribution in [2.75, 3.05) is 40.3 Å². The molecule has 0 saturated carbocycles. The Labute approximate surface area is 211 Å². The van der Waals surface area contributed by atoms with Gasteiger partial charge in [-0.1, -0.05) is 42.5 Å². The average Bonchev–Trinajstić information content (AvgIpc) is 3.11. The molecule has 2 aliphatic heterocycles. The van der Waals surface area contributed by atoms with E-state index >= 15 is 0 Å². The number of halogens is 1. The Kier molecular flexibility index (Phi) is 7.84. The number of rotatable bonds is 8. The Morgan fingerprint density at radius 2 is 1.83 bits per heavy atom. The largest absolute Gasteiger partial charge is 0.339 e. The van der Waals surface area contributed by atoms with Gasteiger partial charge in [-0.2, -0.15) is 0 Å². The maximum Gasteiger partial charge on any atom is 0.325 e. The minimum atomic E-state index is -1.16. The molecule has 0 bridgehead atoms. The first kappa shape index (κ1) is 25.6. The van der Waals surface area contributed by atoms with E-state index in [1.807, 2.05) is 49.3 Å². The van der Waals surface area contributed by atoms with Crippen LogP contribution in [0.3, 0.4) is 0 Å². The molecule has 4 rings (SSSR count). The predicted octanol–water partition coefficient (Wildman–Crippen LogP) is 3.17. The summed E-state index contributed by atoms with van der Waals surface area (Å²) in [5.41, 5.74) is 0.445. The summed E-state index contributed by atoms with van der Waals surface area (Å²) in [7, 11) is 3.77. The van der Waals surface area contributed by atoms with Crippen LogP contribution in [0.25, 0.3) is 6.08 Å². The van der Waals surface area contributed by atoms with Gasteiger partial charge >= 0.3 is 6.03 Å². The lowest BCUT2D eigenvalue weighted by atomic mass is 9.74. The Hall–Kier alpha value is -3.52. The molecular weight excluding hydrogens is 459 g/mol. The maximum absolute atomic E-state index is 14.0. The fraction of sp³-hybridized carbons (Fsp3) is 0.393. The highest BCUT2D eigenvalue weighted by molar-refractivity contribution is 6.07. The van der Waals surface area contributed by atoms with E-state index in [0.29, 0.717) is 38.0 Å². The van der Waals surface area contributed by atoms with Crippen molar-refractivity contribution in [3.05, 3.63) is 77.6 Å². The van der Waals surface area contributed by atoms with E-state index in [9.17, 15) is 18.8 Å². The standard InChI is InChI=1S/C28H33FN4O3/c1-31(2)17-18-33-26(35)28(30-27(33)36,20-22-9-6-10-24(29)19-22)23-13-15-32(16-14-23)25(34)12-11-21-7-4-3-5-8-21/h3-12,19,23H,13-18,20H2,1-2H3,(H,30,36)/b12-11+/t28-/m1/s1. The van der Waals surface area contributed by atoms with Gasteiger partial charge in [0.2, 0.25) is 5.91 Å². The van der Waals surface area contributed by atoms with E-state index in [-0.39, 0.29) is 36.5 Å². The van der Waals surface area contributed by atoms with Crippen molar-refractivity contribution in [3.63, 3.8) is 0 Å². The summed E-state index contributed by atoms with van der Waals surface area (Å²) >= 11 is 0. The second-order valence-corrected chi connectivity index (χ2v) is 9.81. The summed E-state index contributed by atoms with van der Waals surface area (Å²) in [6.45, 7) is 1.79. The average molecular weight is 493 g/mol. The Morgan fingerprint density at radius 3 is 2.50 bits per heavy atom. The summed E-state index contributed by atoms with van der Waals surface area (Å²) < 4.78 is 14.0. The van der Waals surface area contributed by atoms with Gasteiger partial charge in [-0.3, -0.25) is 14.5 Å². The van der Waals surface area contributed by atoms with Crippen LogP contribution in [0.4, 0.5) is 9.18 Å². The highest BCUT2D eigenvalue weighted by atomic mass is 19.1. The number of piperidine rings is 1. The molecule has 2 aromatic carbocycles. The molecule has 2 aliphatic rings. The molecule has 0 unspecified atom stereocenters. The zero-order valence-corrected chi connectivity index (χ0v) is 20.8. The van der Waals surface area contributed by atoms with Crippen LogP contribution in [0.1, 0.15) is 24.0 Å². The number of hydrogen-bond acceptors (Lipinski definition) is 4. The number of nitrogens with zero attached hydrogens (tertiary/aromatic N) is 3. The SMILES string of the molecule is CN(C)CCN1C(=O)N[C@](Cc2cccc(F)c2)(C2CCN(C(=O)/C=C/c3ccccc3)CC2)C1=O. The van der Waals surface area contributed by atoms with E-state index in [1.165, 1.54) is 17.0 Å². The third-order valence-electron chi connectivity index (χ3n) is 7.07. The van der Waals surface area contributed by atoms with Crippen LogP contribution in [0.15, 0.2) is 60.7 Å². The Bertz CT molecular complexity index is 1130. The van der Waals surface area contributed by atoms with Gasteiger partial charge in [0.05, 0.1) is 0 Å². The summed E-state index contributed by atoms with van der Waals surface area (Å²) in [5.74, 6) is -0.906. The van der Waals surface area contributed by atoms with Gasteiger partial charge in [-0.15, -0.1) is 0 Å². The fourth-order valence-corrected chi connectivity index (χ4v) is 5.09. The molecule has 2 aromatic rings. The van der Waals surface area contributed by atoms with Crippen molar-refractivity contribution >= 4 is 23.9 Å². The van der Waals surface area contributed by atoms with Crippen molar-refractivity contribution in [3.8, 4) is 0 Å². The molecule has 8 heteroatoms. The predicted molar refractivity (Wildman–Crippen MR) is 136 cm³/mol. The van der Waals surface area contributed by atoms with Crippen molar-refractivity contribution in [2.45, 2.75) is 24.8 Å². The first-order valence-electron chi connectivity index (χ1n) is 12.3. The van der Waals surface area contributed by atoms with E-state index in [1.54, 1.807) is 29.2 Å². The van der Waals surface area contributed by atoms with Gasteiger partial charge in [-0.05, 0) is 62.2 Å². The highest BCUT2D eigenvalue weighted by Crippen LogP contribution is 2.36. The number of likely N-dealkylation sites (N-methyl/N-ethyl adjacent to an activating group) is 1. The smallest absolute Gasteiger partial charge is 0.325 e. The molecule has 36 heavy (non-hydrogen) atoms. The molecule has 0 aromatic heterocycles. The lowest BCUT2D eigenvalue weighted by Crippen LogP contribution is -2.58. The number of carbonyl (C=O) groups excluding carboxylic acids is 3. The number of nitrogens with one attached hydrogen (secondary N) is 1. The minimum absolute atomic E-state index is 0.0779. The zero-order valence-electron chi connectivity index (χ0n) is 20.8. The van der Waals surface area contributed by atoms with Crippen LogP contribution in [-0.2, 0) is 16.0 Å². The van der Waals surface area contributed by atoms with E-state index in [2.05, 4.69) is 5.32 Å². The molecule has 4 amide bonds. The molecular formula is C28H33FN4O3. The monoisotopic (exact) mass is 492 g/mol. The second kappa shape index (κ2) is 11.0. The number of imide groups is 1. The van der Waals surface area contributed by atoms with Crippen molar-refractivity contribution < 1.29 is 18.8 Å². The van der Waals surface area contributed by atoms with Crippen LogP contribution in [0.5, 0.6) is 0 Å². The molecule has 0 aliphatic carbocycles. The third-order valence-corrected chi connectivity index (χ3v) is 7.07. The second-order valence-electron chi connectivity index (χ2n) is 9.81. The molecule has 190 valence electrons. The molecule has 2 saturated heterocycles. The summed E-state index contributed by atoms with van der Waals surface area (Å²) in [6.07, 6.45) is 4.70. The normalized spacial score (nSPS) is 21.0. The first-order valence-corrected chi connectivity index (χ1v) is 12.3. The first-order chi connectivity index (χ1) is 17.3. The summed E-state index contributed by atoms with van der Waals surface area (Å²) in [5, 5.41) is 3.00. The Balaban J connectivity index is 1.51. The number of carbonyl (C=O) groups is 3. The number of benzene rings is 2. The van der Waals surface area contributed by atoms with E-state index in [4.69, 9.17) is 0 Å². The van der Waals surface area contributed by atoms with Crippen LogP contribution >= 0.6 is 0 Å². The van der Waals surface area contributed by atoms with Gasteiger partial charge in [-0.25, -0.2) is 9.18 Å². The van der Waals surface area contributed by atoms with Gasteiger partial charge in [0.25, 0.3) is 5.91 Å². The van der Waals surface area contributed by atoms with Crippen LogP contribution in [0.2, 0.25) is 0 Å². The molecule has 2 fully saturated rings. The number of likely N-dealkylation sites (tertiary alicyclic amines) is 1. The lowest BCUT2D eigenvalue weighted by Gasteiger charge is -2.41. The number of urea groups is 1. The molecule has 7 nitrogen and oxygen atoms in total. The summed E-state index contributed by atoms with van der Waals surface area (Å²) in [6, 6.07) is 15.4. The van der Waals surface area contributed by atoms with E-state index < -0.39 is 11.6 Å². The van der Waals surface area contributed by atoms with Crippen LogP contribution in [0, 0.1) is 11.7 Å². The molecule has 1 atom stereocenters. The molecule has 2 heterocycles. The van der Waals surface area contributed by atoms with E-state index in [0.717, 1.165) is 5.56 Å². The topological polar surface area (TPSA) is 73.0 Å². The van der Waals surface area contributed by atoms with Gasteiger partial charge in [0.1, 0.15) is 11.4 Å². The number of amides is 4. The van der Waals surface area contributed by atoms with Gasteiger partial charge in [0.15, 0.2) is 0 Å². The van der Waals surface area contributed by atoms with Crippen molar-refractivity contribution in [1.29, 1.82) is 0 Å². The van der Waals surface area contributed by atoms with Crippen molar-refractivity contribution in [2.24, 2.45) is 5.92 Å². The third kappa shape index (κ3) is 5.65. The van der Waals surface area contributed by atoms with Gasteiger partial charge < -0.3 is 15.1 Å². The zero-order chi connectivity index (χ0) is 25.7.